The number of nitrogens with zero attached hydrogens (tertiary/aromatic N) is 1. The molecule has 0 atom stereocenters. The maximum Gasteiger partial charge on any atom is 0.337 e. The molecule has 3 N–H and O–H groups in total. The van der Waals surface area contributed by atoms with Gasteiger partial charge in [0, 0.05) is 12.6 Å². The average molecular weight is 386 g/mol. The minimum atomic E-state index is -4.64. The molecule has 1 amide bonds. The van der Waals surface area contributed by atoms with Crippen LogP contribution in [0.3, 0.4) is 0 Å². The molecule has 0 spiro atoms. The topological polar surface area (TPSA) is 142 Å². The van der Waals surface area contributed by atoms with Crippen LogP contribution in [0, 0.1) is 0 Å². The number of carbonyl (C=O) groups is 2. The third-order valence-corrected chi connectivity index (χ3v) is 4.57. The van der Waals surface area contributed by atoms with Crippen LogP contribution in [0.25, 0.3) is 0 Å². The van der Waals surface area contributed by atoms with Crippen LogP contribution in [0.2, 0.25) is 0 Å². The lowest BCUT2D eigenvalue weighted by Crippen LogP contribution is -2.31. The number of ether oxygens (including phenoxy) is 2. The molecule has 1 aromatic rings. The molecule has 1 aliphatic rings. The first-order chi connectivity index (χ1) is 12.2. The fraction of sp³-hybridized carbons (Fsp3) is 0.333. The molecule has 11 heteroatoms. The van der Waals surface area contributed by atoms with Crippen LogP contribution >= 0.6 is 0 Å². The summed E-state index contributed by atoms with van der Waals surface area (Å²) in [4.78, 5) is 25.1. The highest BCUT2D eigenvalue weighted by atomic mass is 32.2. The second-order valence-electron chi connectivity index (χ2n) is 5.26. The van der Waals surface area contributed by atoms with Crippen molar-refractivity contribution in [3.05, 3.63) is 29.5 Å². The Morgan fingerprint density at radius 3 is 2.58 bits per heavy atom. The Balaban J connectivity index is 2.50. The number of benzene rings is 1. The van der Waals surface area contributed by atoms with Crippen molar-refractivity contribution in [1.29, 1.82) is 0 Å². The maximum absolute atomic E-state index is 12.5. The minimum absolute atomic E-state index is 0.0156. The van der Waals surface area contributed by atoms with Crippen LogP contribution in [0.1, 0.15) is 0 Å². The third-order valence-electron chi connectivity index (χ3n) is 3.68. The first-order valence-corrected chi connectivity index (χ1v) is 8.81. The second kappa shape index (κ2) is 7.72. The van der Waals surface area contributed by atoms with Gasteiger partial charge in [0.1, 0.15) is 16.3 Å². The molecule has 2 rings (SSSR count). The molecule has 0 aromatic heterocycles. The average Bonchev–Trinajstić information content (AvgIpc) is 2.90. The number of hydrogen-bond acceptors (Lipinski definition) is 8. The van der Waals surface area contributed by atoms with Gasteiger partial charge < -0.3 is 24.8 Å². The van der Waals surface area contributed by atoms with Crippen LogP contribution in [-0.4, -0.2) is 68.8 Å². The number of aliphatic hydroxyl groups is 1. The zero-order valence-electron chi connectivity index (χ0n) is 14.1. The summed E-state index contributed by atoms with van der Waals surface area (Å²) in [5, 5.41) is 11.6. The summed E-state index contributed by atoms with van der Waals surface area (Å²) in [5.74, 6) is -1.22. The Kier molecular flexibility index (Phi) is 5.85. The van der Waals surface area contributed by atoms with Crippen LogP contribution < -0.4 is 10.1 Å². The zero-order valence-corrected chi connectivity index (χ0v) is 14.9. The number of methoxy groups -OCH3 is 2. The lowest BCUT2D eigenvalue weighted by atomic mass is 10.2. The highest BCUT2D eigenvalue weighted by Gasteiger charge is 2.35. The van der Waals surface area contributed by atoms with Gasteiger partial charge in [-0.3, -0.25) is 9.35 Å². The molecular formula is C15H18N2O8S. The van der Waals surface area contributed by atoms with E-state index in [-0.39, 0.29) is 42.4 Å². The number of β-amino-alcohol motifs (C(OH)–C–C–N with tert-alkyl or cyclic N) is 1. The van der Waals surface area contributed by atoms with E-state index in [1.807, 2.05) is 0 Å². The van der Waals surface area contributed by atoms with E-state index in [1.165, 1.54) is 24.1 Å². The molecule has 0 aliphatic carbocycles. The van der Waals surface area contributed by atoms with Gasteiger partial charge in [-0.05, 0) is 12.1 Å². The van der Waals surface area contributed by atoms with Gasteiger partial charge in [0.25, 0.3) is 16.0 Å². The fourth-order valence-electron chi connectivity index (χ4n) is 2.43. The van der Waals surface area contributed by atoms with E-state index in [0.29, 0.717) is 0 Å². The first-order valence-electron chi connectivity index (χ1n) is 7.37. The van der Waals surface area contributed by atoms with Crippen molar-refractivity contribution < 1.29 is 37.1 Å². The molecule has 0 saturated heterocycles. The monoisotopic (exact) mass is 386 g/mol. The summed E-state index contributed by atoms with van der Waals surface area (Å²) >= 11 is 0. The molecule has 1 aromatic carbocycles. The Morgan fingerprint density at radius 1 is 1.35 bits per heavy atom. The molecule has 0 unspecified atom stereocenters. The number of nitrogens with one attached hydrogen (secondary N) is 1. The zero-order chi connectivity index (χ0) is 19.5. The number of rotatable bonds is 7. The molecule has 0 bridgehead atoms. The summed E-state index contributed by atoms with van der Waals surface area (Å²) in [5.41, 5.74) is -0.340. The van der Waals surface area contributed by atoms with Gasteiger partial charge >= 0.3 is 5.97 Å². The molecule has 1 heterocycles. The summed E-state index contributed by atoms with van der Waals surface area (Å²) in [7, 11) is -2.18. The van der Waals surface area contributed by atoms with Crippen LogP contribution in [0.5, 0.6) is 5.75 Å². The van der Waals surface area contributed by atoms with Gasteiger partial charge in [-0.15, -0.1) is 0 Å². The number of aliphatic hydroxyl groups excluding tert-OH is 1. The van der Waals surface area contributed by atoms with E-state index in [4.69, 9.17) is 9.84 Å². The van der Waals surface area contributed by atoms with Gasteiger partial charge in [-0.25, -0.2) is 4.79 Å². The van der Waals surface area contributed by atoms with Crippen molar-refractivity contribution in [2.75, 3.05) is 39.2 Å². The fourth-order valence-corrected chi connectivity index (χ4v) is 3.09. The van der Waals surface area contributed by atoms with Gasteiger partial charge in [-0.1, -0.05) is 0 Å². The lowest BCUT2D eigenvalue weighted by molar-refractivity contribution is -0.136. The van der Waals surface area contributed by atoms with Gasteiger partial charge in [0.05, 0.1) is 38.6 Å². The van der Waals surface area contributed by atoms with E-state index < -0.39 is 26.9 Å². The largest absolute Gasteiger partial charge is 0.497 e. The van der Waals surface area contributed by atoms with E-state index in [0.717, 1.165) is 13.2 Å². The Hall–Kier alpha value is -2.63. The molecule has 1 aliphatic heterocycles. The predicted octanol–water partition coefficient (Wildman–Crippen LogP) is -0.385. The quantitative estimate of drug-likeness (QED) is 0.422. The number of anilines is 1. The number of carbonyl (C=O) groups excluding carboxylic acids is 2. The summed E-state index contributed by atoms with van der Waals surface area (Å²) in [6.07, 6.45) is 0. The normalized spacial score (nSPS) is 14.6. The summed E-state index contributed by atoms with van der Waals surface area (Å²) < 4.78 is 42.3. The van der Waals surface area contributed by atoms with Gasteiger partial charge in [-0.2, -0.15) is 8.42 Å². The standard InChI is InChI=1S/C15H18N2O8S/c1-24-9-3-4-11(12(7-9)26(21,22)23)16-13-10(15(20)25-2)8-17(5-6-18)14(13)19/h3-4,7,16,18H,5-6,8H2,1-2H3,(H,21,22,23). The predicted molar refractivity (Wildman–Crippen MR) is 89.1 cm³/mol. The van der Waals surface area contributed by atoms with Crippen molar-refractivity contribution in [3.8, 4) is 5.75 Å². The number of amides is 1. The molecular weight excluding hydrogens is 368 g/mol. The third kappa shape index (κ3) is 3.95. The van der Waals surface area contributed by atoms with Gasteiger partial charge in [0.2, 0.25) is 0 Å². The lowest BCUT2D eigenvalue weighted by Gasteiger charge is -2.16. The van der Waals surface area contributed by atoms with Crippen molar-refractivity contribution >= 4 is 27.7 Å². The molecule has 142 valence electrons. The number of esters is 1. The maximum atomic E-state index is 12.5. The Labute approximate surface area is 149 Å². The molecule has 26 heavy (non-hydrogen) atoms. The Bertz CT molecular complexity index is 862. The first kappa shape index (κ1) is 19.7. The van der Waals surface area contributed by atoms with Crippen molar-refractivity contribution in [3.63, 3.8) is 0 Å². The molecule has 0 saturated carbocycles. The molecule has 0 radical (unpaired) electrons. The van der Waals surface area contributed by atoms with E-state index in [2.05, 4.69) is 10.1 Å². The van der Waals surface area contributed by atoms with E-state index in [9.17, 15) is 22.6 Å². The summed E-state index contributed by atoms with van der Waals surface area (Å²) in [6.45, 7) is -0.434. The van der Waals surface area contributed by atoms with Crippen LogP contribution in [0.15, 0.2) is 34.4 Å². The van der Waals surface area contributed by atoms with Crippen molar-refractivity contribution in [2.45, 2.75) is 4.90 Å². The second-order valence-corrected chi connectivity index (χ2v) is 6.65. The highest BCUT2D eigenvalue weighted by molar-refractivity contribution is 7.86. The highest BCUT2D eigenvalue weighted by Crippen LogP contribution is 2.30. The number of hydrogen-bond donors (Lipinski definition) is 3. The van der Waals surface area contributed by atoms with Crippen molar-refractivity contribution in [2.24, 2.45) is 0 Å². The Morgan fingerprint density at radius 2 is 2.04 bits per heavy atom. The van der Waals surface area contributed by atoms with E-state index in [1.54, 1.807) is 0 Å². The molecule has 0 fully saturated rings. The smallest absolute Gasteiger partial charge is 0.337 e. The summed E-state index contributed by atoms with van der Waals surface area (Å²) in [6, 6.07) is 3.77. The van der Waals surface area contributed by atoms with Gasteiger partial charge in [0.15, 0.2) is 0 Å². The minimum Gasteiger partial charge on any atom is -0.497 e. The van der Waals surface area contributed by atoms with Crippen LogP contribution in [0.4, 0.5) is 5.69 Å². The van der Waals surface area contributed by atoms with E-state index >= 15 is 0 Å². The van der Waals surface area contributed by atoms with Crippen LogP contribution in [-0.2, 0) is 24.4 Å². The molecule has 10 nitrogen and oxygen atoms in total. The SMILES string of the molecule is COC(=O)C1=C(Nc2ccc(OC)cc2S(=O)(=O)O)C(=O)N(CCO)C1. The van der Waals surface area contributed by atoms with Crippen molar-refractivity contribution in [1.82, 2.24) is 4.90 Å².